The van der Waals surface area contributed by atoms with E-state index in [0.717, 1.165) is 19.2 Å². The van der Waals surface area contributed by atoms with Crippen LogP contribution in [0, 0.1) is 21.4 Å². The van der Waals surface area contributed by atoms with E-state index in [4.69, 9.17) is 11.0 Å². The normalized spacial score (nSPS) is 9.47. The molecule has 7 heteroatoms. The van der Waals surface area contributed by atoms with Crippen molar-refractivity contribution in [1.82, 2.24) is 0 Å². The van der Waals surface area contributed by atoms with E-state index in [2.05, 4.69) is 4.74 Å². The maximum absolute atomic E-state index is 11.3. The first-order chi connectivity index (χ1) is 8.04. The van der Waals surface area contributed by atoms with Crippen LogP contribution in [0.15, 0.2) is 12.1 Å². The number of rotatable bonds is 3. The molecule has 0 radical (unpaired) electrons. The van der Waals surface area contributed by atoms with Gasteiger partial charge in [-0.1, -0.05) is 0 Å². The van der Waals surface area contributed by atoms with Crippen LogP contribution in [0.5, 0.6) is 0 Å². The van der Waals surface area contributed by atoms with Crippen LogP contribution < -0.4 is 5.73 Å². The Morgan fingerprint density at radius 3 is 2.71 bits per heavy atom. The number of nitro benzene ring substituents is 1. The van der Waals surface area contributed by atoms with Gasteiger partial charge in [0.2, 0.25) is 0 Å². The van der Waals surface area contributed by atoms with Gasteiger partial charge in [-0.3, -0.25) is 10.1 Å². The molecule has 0 aliphatic carbocycles. The van der Waals surface area contributed by atoms with Crippen LogP contribution in [0.1, 0.15) is 21.5 Å². The molecule has 0 spiro atoms. The second-order valence-corrected chi connectivity index (χ2v) is 3.09. The lowest BCUT2D eigenvalue weighted by molar-refractivity contribution is -0.385. The Bertz CT molecular complexity index is 519. The summed E-state index contributed by atoms with van der Waals surface area (Å²) in [5.41, 5.74) is 5.12. The smallest absolute Gasteiger partial charge is 0.344 e. The van der Waals surface area contributed by atoms with Crippen molar-refractivity contribution < 1.29 is 14.5 Å². The highest BCUT2D eigenvalue weighted by atomic mass is 16.6. The van der Waals surface area contributed by atoms with Gasteiger partial charge in [-0.15, -0.1) is 0 Å². The fourth-order valence-corrected chi connectivity index (χ4v) is 1.33. The molecule has 0 fully saturated rings. The Balaban J connectivity index is 3.52. The molecule has 1 aromatic rings. The van der Waals surface area contributed by atoms with Crippen molar-refractivity contribution in [2.24, 2.45) is 5.73 Å². The Labute approximate surface area is 96.6 Å². The van der Waals surface area contributed by atoms with Crippen LogP contribution in [-0.2, 0) is 11.3 Å². The van der Waals surface area contributed by atoms with Gasteiger partial charge in [-0.05, 0) is 11.6 Å². The molecule has 2 N–H and O–H groups in total. The van der Waals surface area contributed by atoms with Crippen molar-refractivity contribution >= 4 is 11.7 Å². The Kier molecular flexibility index (Phi) is 3.74. The Morgan fingerprint density at radius 1 is 1.65 bits per heavy atom. The molecule has 0 atom stereocenters. The van der Waals surface area contributed by atoms with Gasteiger partial charge in [-0.25, -0.2) is 4.79 Å². The van der Waals surface area contributed by atoms with Crippen LogP contribution in [0.3, 0.4) is 0 Å². The van der Waals surface area contributed by atoms with Gasteiger partial charge in [0.25, 0.3) is 5.69 Å². The van der Waals surface area contributed by atoms with Crippen LogP contribution in [0.25, 0.3) is 0 Å². The fraction of sp³-hybridized carbons (Fsp3) is 0.200. The number of hydrogen-bond donors (Lipinski definition) is 1. The molecule has 0 saturated carbocycles. The molecule has 0 heterocycles. The number of carbonyl (C=O) groups excluding carboxylic acids is 1. The third-order valence-corrected chi connectivity index (χ3v) is 2.16. The van der Waals surface area contributed by atoms with E-state index in [-0.39, 0.29) is 17.7 Å². The number of methoxy groups -OCH3 is 1. The van der Waals surface area contributed by atoms with E-state index in [1.807, 2.05) is 6.07 Å². The van der Waals surface area contributed by atoms with Crippen molar-refractivity contribution in [3.8, 4) is 6.07 Å². The summed E-state index contributed by atoms with van der Waals surface area (Å²) in [6.07, 6.45) is 0. The number of nitrogens with two attached hydrogens (primary N) is 1. The van der Waals surface area contributed by atoms with Gasteiger partial charge in [0, 0.05) is 12.6 Å². The van der Waals surface area contributed by atoms with Gasteiger partial charge >= 0.3 is 5.97 Å². The molecule has 0 unspecified atom stereocenters. The second kappa shape index (κ2) is 5.05. The quantitative estimate of drug-likeness (QED) is 0.468. The topological polar surface area (TPSA) is 119 Å². The third kappa shape index (κ3) is 2.38. The molecule has 0 bridgehead atoms. The molecular formula is C10H9N3O4. The second-order valence-electron chi connectivity index (χ2n) is 3.09. The molecule has 7 nitrogen and oxygen atoms in total. The van der Waals surface area contributed by atoms with E-state index in [0.29, 0.717) is 5.56 Å². The SMILES string of the molecule is COC(=O)c1cc(C#N)c(CN)cc1[N+](=O)[O-]. The first-order valence-electron chi connectivity index (χ1n) is 4.55. The molecule has 0 saturated heterocycles. The molecule has 1 aromatic carbocycles. The predicted octanol–water partition coefficient (Wildman–Crippen LogP) is 0.712. The lowest BCUT2D eigenvalue weighted by atomic mass is 10.0. The maximum Gasteiger partial charge on any atom is 0.344 e. The van der Waals surface area contributed by atoms with Crippen molar-refractivity contribution in [3.63, 3.8) is 0 Å². The van der Waals surface area contributed by atoms with Gasteiger partial charge < -0.3 is 10.5 Å². The number of nitrogens with zero attached hydrogens (tertiary/aromatic N) is 2. The minimum atomic E-state index is -0.864. The zero-order valence-electron chi connectivity index (χ0n) is 8.97. The van der Waals surface area contributed by atoms with E-state index in [1.54, 1.807) is 0 Å². The summed E-state index contributed by atoms with van der Waals surface area (Å²) in [6, 6.07) is 4.05. The highest BCUT2D eigenvalue weighted by Crippen LogP contribution is 2.24. The van der Waals surface area contributed by atoms with E-state index in [9.17, 15) is 14.9 Å². The zero-order chi connectivity index (χ0) is 13.0. The Morgan fingerprint density at radius 2 is 2.29 bits per heavy atom. The molecule has 0 aliphatic heterocycles. The first kappa shape index (κ1) is 12.6. The summed E-state index contributed by atoms with van der Waals surface area (Å²) < 4.78 is 4.42. The lowest BCUT2D eigenvalue weighted by Crippen LogP contribution is -2.09. The van der Waals surface area contributed by atoms with Crippen LogP contribution >= 0.6 is 0 Å². The number of nitriles is 1. The van der Waals surface area contributed by atoms with Crippen LogP contribution in [0.2, 0.25) is 0 Å². The highest BCUT2D eigenvalue weighted by molar-refractivity contribution is 5.94. The number of hydrogen-bond acceptors (Lipinski definition) is 6. The van der Waals surface area contributed by atoms with Crippen molar-refractivity contribution in [2.45, 2.75) is 6.54 Å². The lowest BCUT2D eigenvalue weighted by Gasteiger charge is -2.05. The van der Waals surface area contributed by atoms with E-state index in [1.165, 1.54) is 0 Å². The molecule has 0 aromatic heterocycles. The average molecular weight is 235 g/mol. The average Bonchev–Trinajstić information content (AvgIpc) is 2.35. The minimum absolute atomic E-state index is 0.0226. The van der Waals surface area contributed by atoms with Crippen molar-refractivity contribution in [3.05, 3.63) is 38.9 Å². The van der Waals surface area contributed by atoms with Gasteiger partial charge in [0.1, 0.15) is 5.56 Å². The van der Waals surface area contributed by atoms with Crippen LogP contribution in [0.4, 0.5) is 5.69 Å². The standard InChI is InChI=1S/C10H9N3O4/c1-17-10(14)8-2-6(4-11)7(5-12)3-9(8)13(15)16/h2-3H,5,12H2,1H3. The summed E-state index contributed by atoms with van der Waals surface area (Å²) in [7, 11) is 1.11. The molecule has 0 aliphatic rings. The zero-order valence-corrected chi connectivity index (χ0v) is 8.97. The highest BCUT2D eigenvalue weighted by Gasteiger charge is 2.23. The summed E-state index contributed by atoms with van der Waals surface area (Å²) >= 11 is 0. The van der Waals surface area contributed by atoms with Crippen molar-refractivity contribution in [1.29, 1.82) is 5.26 Å². The third-order valence-electron chi connectivity index (χ3n) is 2.16. The molecule has 0 amide bonds. The molecule has 88 valence electrons. The summed E-state index contributed by atoms with van der Waals surface area (Å²) in [5, 5.41) is 19.6. The van der Waals surface area contributed by atoms with Gasteiger partial charge in [0.15, 0.2) is 0 Å². The van der Waals surface area contributed by atoms with Gasteiger partial charge in [-0.2, -0.15) is 5.26 Å². The fourth-order valence-electron chi connectivity index (χ4n) is 1.33. The molecule has 17 heavy (non-hydrogen) atoms. The van der Waals surface area contributed by atoms with Crippen molar-refractivity contribution in [2.75, 3.05) is 7.11 Å². The monoisotopic (exact) mass is 235 g/mol. The number of carbonyl (C=O) groups is 1. The molecule has 1 rings (SSSR count). The first-order valence-corrected chi connectivity index (χ1v) is 4.55. The largest absolute Gasteiger partial charge is 0.465 e. The number of benzene rings is 1. The Hall–Kier alpha value is -2.46. The summed E-state index contributed by atoms with van der Waals surface area (Å²) in [4.78, 5) is 21.4. The number of esters is 1. The minimum Gasteiger partial charge on any atom is -0.465 e. The predicted molar refractivity (Wildman–Crippen MR) is 57.0 cm³/mol. The van der Waals surface area contributed by atoms with E-state index >= 15 is 0 Å². The van der Waals surface area contributed by atoms with Gasteiger partial charge in [0.05, 0.1) is 23.7 Å². The number of ether oxygens (including phenoxy) is 1. The summed E-state index contributed by atoms with van der Waals surface area (Å²) in [6.45, 7) is -0.0226. The maximum atomic E-state index is 11.3. The number of nitro groups is 1. The summed E-state index contributed by atoms with van der Waals surface area (Å²) in [5.74, 6) is -0.864. The van der Waals surface area contributed by atoms with Crippen LogP contribution in [-0.4, -0.2) is 18.0 Å². The molecular weight excluding hydrogens is 226 g/mol. The van der Waals surface area contributed by atoms with E-state index < -0.39 is 16.6 Å².